The van der Waals surface area contributed by atoms with E-state index in [1.807, 2.05) is 6.26 Å². The second-order valence-electron chi connectivity index (χ2n) is 4.73. The van der Waals surface area contributed by atoms with E-state index in [2.05, 4.69) is 9.97 Å². The van der Waals surface area contributed by atoms with Gasteiger partial charge in [-0.05, 0) is 12.3 Å². The molecule has 108 valence electrons. The van der Waals surface area contributed by atoms with Crippen molar-refractivity contribution in [1.82, 2.24) is 14.5 Å². The van der Waals surface area contributed by atoms with Crippen LogP contribution in [0.25, 0.3) is 11.2 Å². The quantitative estimate of drug-likeness (QED) is 0.731. The first-order valence-corrected chi connectivity index (χ1v) is 7.60. The van der Waals surface area contributed by atoms with Crippen molar-refractivity contribution in [3.63, 3.8) is 0 Å². The van der Waals surface area contributed by atoms with Crippen LogP contribution in [0, 0.1) is 0 Å². The van der Waals surface area contributed by atoms with Crippen LogP contribution in [0.1, 0.15) is 6.23 Å². The van der Waals surface area contributed by atoms with Gasteiger partial charge in [0.1, 0.15) is 17.7 Å². The third-order valence-electron chi connectivity index (χ3n) is 3.43. The van der Waals surface area contributed by atoms with Crippen LogP contribution in [0.3, 0.4) is 0 Å². The lowest BCUT2D eigenvalue weighted by atomic mass is 10.1. The Hall–Kier alpha value is -1.35. The molecule has 20 heavy (non-hydrogen) atoms. The first kappa shape index (κ1) is 13.6. The molecule has 0 aromatic carbocycles. The van der Waals surface area contributed by atoms with Crippen LogP contribution in [-0.4, -0.2) is 55.1 Å². The third kappa shape index (κ3) is 2.05. The number of aliphatic hydroxyl groups excluding tert-OH is 2. The van der Waals surface area contributed by atoms with Gasteiger partial charge >= 0.3 is 0 Å². The number of nitrogen functional groups attached to an aromatic ring is 1. The van der Waals surface area contributed by atoms with Gasteiger partial charge in [-0.1, -0.05) is 0 Å². The molecule has 0 bridgehead atoms. The summed E-state index contributed by atoms with van der Waals surface area (Å²) in [5.41, 5.74) is 7.44. The Kier molecular flexibility index (Phi) is 3.55. The zero-order chi connectivity index (χ0) is 14.3. The predicted molar refractivity (Wildman–Crippen MR) is 76.2 cm³/mol. The van der Waals surface area contributed by atoms with E-state index in [4.69, 9.17) is 10.5 Å². The van der Waals surface area contributed by atoms with Crippen molar-refractivity contribution in [2.45, 2.75) is 24.5 Å². The Morgan fingerprint density at radius 2 is 2.20 bits per heavy atom. The minimum atomic E-state index is -1.02. The highest BCUT2D eigenvalue weighted by Gasteiger charge is 2.43. The zero-order valence-corrected chi connectivity index (χ0v) is 11.7. The monoisotopic (exact) mass is 296 g/mol. The fourth-order valence-electron chi connectivity index (χ4n) is 2.40. The van der Waals surface area contributed by atoms with E-state index < -0.39 is 24.5 Å². The van der Waals surface area contributed by atoms with Crippen LogP contribution in [-0.2, 0) is 4.74 Å². The smallest absolute Gasteiger partial charge is 0.165 e. The molecule has 1 aliphatic heterocycles. The highest BCUT2D eigenvalue weighted by molar-refractivity contribution is 7.98. The fourth-order valence-corrected chi connectivity index (χ4v) is 3.00. The highest BCUT2D eigenvalue weighted by Crippen LogP contribution is 2.33. The average molecular weight is 296 g/mol. The molecule has 1 saturated heterocycles. The fraction of sp³-hybridized carbons (Fsp3) is 0.500. The van der Waals surface area contributed by atoms with Gasteiger partial charge in [-0.3, -0.25) is 4.57 Å². The molecule has 2 aromatic rings. The Morgan fingerprint density at radius 1 is 1.40 bits per heavy atom. The number of imidazole rings is 1. The van der Waals surface area contributed by atoms with Crippen LogP contribution in [0.5, 0.6) is 0 Å². The summed E-state index contributed by atoms with van der Waals surface area (Å²) in [4.78, 5) is 8.41. The van der Waals surface area contributed by atoms with Crippen molar-refractivity contribution in [3.05, 3.63) is 18.6 Å². The van der Waals surface area contributed by atoms with Gasteiger partial charge < -0.3 is 20.7 Å². The maximum Gasteiger partial charge on any atom is 0.165 e. The first-order chi connectivity index (χ1) is 9.63. The van der Waals surface area contributed by atoms with E-state index >= 15 is 0 Å². The minimum absolute atomic E-state index is 0.413. The summed E-state index contributed by atoms with van der Waals surface area (Å²) in [6.45, 7) is 0. The molecule has 1 aliphatic rings. The summed E-state index contributed by atoms with van der Waals surface area (Å²) in [6.07, 6.45) is 1.96. The molecule has 1 fully saturated rings. The molecule has 0 amide bonds. The van der Waals surface area contributed by atoms with Gasteiger partial charge in [0.2, 0.25) is 0 Å². The largest absolute Gasteiger partial charge is 0.397 e. The standard InChI is InChI=1S/C12H16N4O3S/c1-20-4-7-9(17)10(18)12(19-7)16-5-15-8-6(13)2-3-14-11(8)16/h2-3,5,7,9-10,12,17-18H,4H2,1H3,(H2,13,14)/t7-,9?,10+,12-/m1/s1. The van der Waals surface area contributed by atoms with E-state index in [-0.39, 0.29) is 0 Å². The molecule has 3 heterocycles. The van der Waals surface area contributed by atoms with E-state index in [9.17, 15) is 10.2 Å². The molecule has 0 spiro atoms. The average Bonchev–Trinajstić information content (AvgIpc) is 2.97. The molecule has 0 saturated carbocycles. The molecule has 2 aromatic heterocycles. The van der Waals surface area contributed by atoms with Crippen LogP contribution in [0.2, 0.25) is 0 Å². The number of anilines is 1. The first-order valence-electron chi connectivity index (χ1n) is 6.21. The van der Waals surface area contributed by atoms with E-state index in [0.717, 1.165) is 0 Å². The minimum Gasteiger partial charge on any atom is -0.397 e. The molecule has 0 aliphatic carbocycles. The number of fused-ring (bicyclic) bond motifs is 1. The molecule has 7 nitrogen and oxygen atoms in total. The Morgan fingerprint density at radius 3 is 2.95 bits per heavy atom. The SMILES string of the molecule is CSC[C@H]1O[C@@H](n2cnc3c(N)ccnc32)[C@@H](O)C1O. The van der Waals surface area contributed by atoms with Gasteiger partial charge in [0.25, 0.3) is 0 Å². The Labute approximate surface area is 119 Å². The summed E-state index contributed by atoms with van der Waals surface area (Å²) >= 11 is 1.55. The molecule has 8 heteroatoms. The molecule has 4 atom stereocenters. The van der Waals surface area contributed by atoms with Gasteiger partial charge in [-0.15, -0.1) is 0 Å². The maximum absolute atomic E-state index is 10.2. The lowest BCUT2D eigenvalue weighted by Gasteiger charge is -2.16. The number of pyridine rings is 1. The van der Waals surface area contributed by atoms with Gasteiger partial charge in [0.15, 0.2) is 11.9 Å². The van der Waals surface area contributed by atoms with E-state index in [0.29, 0.717) is 22.6 Å². The summed E-state index contributed by atoms with van der Waals surface area (Å²) < 4.78 is 7.35. The van der Waals surface area contributed by atoms with E-state index in [1.54, 1.807) is 28.6 Å². The highest BCUT2D eigenvalue weighted by atomic mass is 32.2. The number of nitrogens with two attached hydrogens (primary N) is 1. The normalized spacial score (nSPS) is 30.1. The second-order valence-corrected chi connectivity index (χ2v) is 5.64. The third-order valence-corrected chi connectivity index (χ3v) is 4.10. The number of thioether (sulfide) groups is 1. The van der Waals surface area contributed by atoms with Gasteiger partial charge in [0, 0.05) is 11.9 Å². The van der Waals surface area contributed by atoms with Gasteiger partial charge in [-0.25, -0.2) is 9.97 Å². The lowest BCUT2D eigenvalue weighted by molar-refractivity contribution is -0.0288. The van der Waals surface area contributed by atoms with Crippen LogP contribution >= 0.6 is 11.8 Å². The van der Waals surface area contributed by atoms with Crippen molar-refractivity contribution in [1.29, 1.82) is 0 Å². The number of nitrogens with zero attached hydrogens (tertiary/aromatic N) is 3. The van der Waals surface area contributed by atoms with Crippen molar-refractivity contribution >= 4 is 28.6 Å². The number of hydrogen-bond acceptors (Lipinski definition) is 7. The summed E-state index contributed by atoms with van der Waals surface area (Å²) in [5, 5.41) is 20.2. The maximum atomic E-state index is 10.2. The van der Waals surface area contributed by atoms with Gasteiger partial charge in [-0.2, -0.15) is 11.8 Å². The molecule has 1 unspecified atom stereocenters. The Balaban J connectivity index is 1.97. The Bertz CT molecular complexity index is 620. The number of ether oxygens (including phenoxy) is 1. The summed E-state index contributed by atoms with van der Waals surface area (Å²) in [6, 6.07) is 1.66. The van der Waals surface area contributed by atoms with Gasteiger partial charge in [0.05, 0.1) is 18.1 Å². The molecular formula is C12H16N4O3S. The number of aromatic nitrogens is 3. The lowest BCUT2D eigenvalue weighted by Crippen LogP contribution is -2.32. The zero-order valence-electron chi connectivity index (χ0n) is 10.9. The van der Waals surface area contributed by atoms with Crippen molar-refractivity contribution in [2.75, 3.05) is 17.7 Å². The summed E-state index contributed by atoms with van der Waals surface area (Å²) in [7, 11) is 0. The van der Waals surface area contributed by atoms with E-state index in [1.165, 1.54) is 6.33 Å². The molecule has 4 N–H and O–H groups in total. The van der Waals surface area contributed by atoms with Crippen molar-refractivity contribution in [2.24, 2.45) is 0 Å². The number of hydrogen-bond donors (Lipinski definition) is 3. The number of aliphatic hydroxyl groups is 2. The summed E-state index contributed by atoms with van der Waals surface area (Å²) in [5.74, 6) is 0.608. The van der Waals surface area contributed by atoms with Crippen LogP contribution in [0.15, 0.2) is 18.6 Å². The second kappa shape index (κ2) is 5.21. The molecule has 3 rings (SSSR count). The number of rotatable bonds is 3. The van der Waals surface area contributed by atoms with Crippen LogP contribution in [0.4, 0.5) is 5.69 Å². The van der Waals surface area contributed by atoms with Crippen molar-refractivity contribution < 1.29 is 14.9 Å². The molecular weight excluding hydrogens is 280 g/mol. The topological polar surface area (TPSA) is 106 Å². The van der Waals surface area contributed by atoms with Crippen LogP contribution < -0.4 is 5.73 Å². The predicted octanol–water partition coefficient (Wildman–Crippen LogP) is -0.00430. The van der Waals surface area contributed by atoms with Crippen molar-refractivity contribution in [3.8, 4) is 0 Å². The molecule has 0 radical (unpaired) electrons.